The van der Waals surface area contributed by atoms with Crippen molar-refractivity contribution in [2.45, 2.75) is 51.1 Å². The molecule has 0 saturated carbocycles. The smallest absolute Gasteiger partial charge is 0.154 e. The predicted octanol–water partition coefficient (Wildman–Crippen LogP) is 3.01. The Labute approximate surface area is 122 Å². The van der Waals surface area contributed by atoms with Gasteiger partial charge in [-0.1, -0.05) is 51.8 Å². The summed E-state index contributed by atoms with van der Waals surface area (Å²) in [4.78, 5) is 0. The highest BCUT2D eigenvalue weighted by atomic mass is 28.3. The van der Waals surface area contributed by atoms with Crippen molar-refractivity contribution in [3.05, 3.63) is 24.9 Å². The third-order valence-electron chi connectivity index (χ3n) is 4.68. The van der Waals surface area contributed by atoms with Crippen LogP contribution < -0.4 is 5.73 Å². The molecule has 19 heavy (non-hydrogen) atoms. The monoisotopic (exact) mass is 280 g/mol. The minimum Gasteiger partial charge on any atom is -0.406 e. The molecule has 0 aliphatic rings. The Hall–Kier alpha value is -0.478. The Morgan fingerprint density at radius 1 is 1.37 bits per heavy atom. The molecule has 110 valence electrons. The highest BCUT2D eigenvalue weighted by Crippen LogP contribution is 2.37. The van der Waals surface area contributed by atoms with E-state index in [9.17, 15) is 0 Å². The van der Waals surface area contributed by atoms with Crippen LogP contribution in [-0.2, 0) is 0 Å². The molecule has 0 fully saturated rings. The molecule has 0 aromatic carbocycles. The van der Waals surface area contributed by atoms with Gasteiger partial charge < -0.3 is 10.3 Å². The first-order valence-electron chi connectivity index (χ1n) is 7.30. The van der Waals surface area contributed by atoms with Gasteiger partial charge in [0, 0.05) is 0 Å². The SMILES string of the molecule is BC(C=C)CC(/C=C\N(C)[Si](C)(C)C(C)(C)C)CN. The van der Waals surface area contributed by atoms with Crippen LogP contribution in [0.25, 0.3) is 0 Å². The summed E-state index contributed by atoms with van der Waals surface area (Å²) in [6.07, 6.45) is 7.63. The largest absolute Gasteiger partial charge is 0.406 e. The van der Waals surface area contributed by atoms with Gasteiger partial charge >= 0.3 is 0 Å². The Kier molecular flexibility index (Phi) is 7.16. The molecular weight excluding hydrogens is 247 g/mol. The molecule has 0 rings (SSSR count). The van der Waals surface area contributed by atoms with Crippen LogP contribution in [0.1, 0.15) is 27.2 Å². The van der Waals surface area contributed by atoms with Crippen molar-refractivity contribution in [1.82, 2.24) is 4.57 Å². The van der Waals surface area contributed by atoms with Crippen LogP contribution in [0.5, 0.6) is 0 Å². The summed E-state index contributed by atoms with van der Waals surface area (Å²) in [7, 11) is 2.95. The van der Waals surface area contributed by atoms with Gasteiger partial charge in [0.25, 0.3) is 0 Å². The van der Waals surface area contributed by atoms with Gasteiger partial charge in [-0.3, -0.25) is 0 Å². The van der Waals surface area contributed by atoms with Crippen molar-refractivity contribution >= 4 is 16.1 Å². The summed E-state index contributed by atoms with van der Waals surface area (Å²) < 4.78 is 2.44. The van der Waals surface area contributed by atoms with Gasteiger partial charge in [-0.2, -0.15) is 0 Å². The first kappa shape index (κ1) is 18.5. The minimum atomic E-state index is -1.45. The van der Waals surface area contributed by atoms with Crippen molar-refractivity contribution in [3.8, 4) is 0 Å². The topological polar surface area (TPSA) is 29.3 Å². The average molecular weight is 280 g/mol. The zero-order valence-electron chi connectivity index (χ0n) is 14.0. The summed E-state index contributed by atoms with van der Waals surface area (Å²) in [6, 6.07) is 0. The number of nitrogens with zero attached hydrogens (tertiary/aromatic N) is 1. The second-order valence-electron chi connectivity index (χ2n) is 7.21. The van der Waals surface area contributed by atoms with Gasteiger partial charge in [-0.25, -0.2) is 0 Å². The van der Waals surface area contributed by atoms with E-state index in [0.717, 1.165) is 6.42 Å². The molecule has 0 radical (unpaired) electrons. The lowest BCUT2D eigenvalue weighted by Crippen LogP contribution is -2.50. The summed E-state index contributed by atoms with van der Waals surface area (Å²) >= 11 is 0. The van der Waals surface area contributed by atoms with Crippen LogP contribution in [0.2, 0.25) is 23.9 Å². The fourth-order valence-electron chi connectivity index (χ4n) is 1.79. The molecule has 2 unspecified atom stereocenters. The molecule has 2 atom stereocenters. The van der Waals surface area contributed by atoms with E-state index in [1.807, 2.05) is 6.08 Å². The molecule has 0 saturated heterocycles. The molecule has 0 aliphatic carbocycles. The molecule has 0 aromatic rings. The Morgan fingerprint density at radius 2 is 1.89 bits per heavy atom. The summed E-state index contributed by atoms with van der Waals surface area (Å²) in [5, 5.41) is 0.360. The standard InChI is InChI=1S/C15H33BN2Si/c1-8-14(16)11-13(12-17)9-10-18(5)19(6,7)15(2,3)4/h8-10,13-14H,1,11-12,16-17H2,2-7H3/b10-9-. The normalized spacial score (nSPS) is 16.4. The summed E-state index contributed by atoms with van der Waals surface area (Å²) in [5.74, 6) is 0.969. The number of rotatable bonds is 7. The number of allylic oxidation sites excluding steroid dienone is 1. The maximum Gasteiger partial charge on any atom is 0.154 e. The van der Waals surface area contributed by atoms with Gasteiger partial charge in [0.15, 0.2) is 8.24 Å². The van der Waals surface area contributed by atoms with Gasteiger partial charge in [-0.05, 0) is 37.2 Å². The quantitative estimate of drug-likeness (QED) is 0.574. The second-order valence-corrected chi connectivity index (χ2v) is 12.5. The van der Waals surface area contributed by atoms with Crippen molar-refractivity contribution in [3.63, 3.8) is 0 Å². The van der Waals surface area contributed by atoms with Gasteiger partial charge in [0.05, 0.1) is 0 Å². The average Bonchev–Trinajstić information content (AvgIpc) is 2.31. The molecule has 0 aromatic heterocycles. The van der Waals surface area contributed by atoms with E-state index in [0.29, 0.717) is 23.3 Å². The molecule has 2 N–H and O–H groups in total. The van der Waals surface area contributed by atoms with Gasteiger partial charge in [0.2, 0.25) is 0 Å². The fraction of sp³-hybridized carbons (Fsp3) is 0.733. The number of hydrogen-bond acceptors (Lipinski definition) is 2. The van der Waals surface area contributed by atoms with Crippen LogP contribution in [-0.4, -0.2) is 34.2 Å². The Balaban J connectivity index is 4.72. The van der Waals surface area contributed by atoms with E-state index in [1.54, 1.807) is 0 Å². The minimum absolute atomic E-state index is 0.360. The lowest BCUT2D eigenvalue weighted by atomic mass is 9.80. The lowest BCUT2D eigenvalue weighted by Gasteiger charge is -2.43. The number of hydrogen-bond donors (Lipinski definition) is 1. The molecule has 4 heteroatoms. The van der Waals surface area contributed by atoms with Crippen LogP contribution in [0.15, 0.2) is 24.9 Å². The van der Waals surface area contributed by atoms with Gasteiger partial charge in [-0.15, -0.1) is 6.58 Å². The third kappa shape index (κ3) is 5.57. The number of nitrogens with two attached hydrogens (primary N) is 1. The molecule has 0 heterocycles. The molecule has 2 nitrogen and oxygen atoms in total. The molecule has 0 amide bonds. The van der Waals surface area contributed by atoms with E-state index >= 15 is 0 Å². The van der Waals surface area contributed by atoms with Crippen molar-refractivity contribution < 1.29 is 0 Å². The Morgan fingerprint density at radius 3 is 2.26 bits per heavy atom. The zero-order valence-corrected chi connectivity index (χ0v) is 15.0. The maximum absolute atomic E-state index is 5.86. The predicted molar refractivity (Wildman–Crippen MR) is 93.8 cm³/mol. The molecule has 0 spiro atoms. The first-order chi connectivity index (χ1) is 8.56. The maximum atomic E-state index is 5.86. The summed E-state index contributed by atoms with van der Waals surface area (Å²) in [5.41, 5.74) is 5.86. The lowest BCUT2D eigenvalue weighted by molar-refractivity contribution is 0.565. The summed E-state index contributed by atoms with van der Waals surface area (Å²) in [6.45, 7) is 16.4. The van der Waals surface area contributed by atoms with Crippen LogP contribution in [0, 0.1) is 5.92 Å². The van der Waals surface area contributed by atoms with E-state index in [4.69, 9.17) is 5.73 Å². The van der Waals surface area contributed by atoms with E-state index in [1.165, 1.54) is 0 Å². The van der Waals surface area contributed by atoms with Crippen LogP contribution in [0.4, 0.5) is 0 Å². The van der Waals surface area contributed by atoms with Crippen LogP contribution in [0.3, 0.4) is 0 Å². The Bertz CT molecular complexity index is 308. The van der Waals surface area contributed by atoms with E-state index < -0.39 is 8.24 Å². The highest BCUT2D eigenvalue weighted by Gasteiger charge is 2.38. The van der Waals surface area contributed by atoms with Crippen LogP contribution >= 0.6 is 0 Å². The van der Waals surface area contributed by atoms with Crippen molar-refractivity contribution in [2.24, 2.45) is 11.7 Å². The van der Waals surface area contributed by atoms with Crippen molar-refractivity contribution in [1.29, 1.82) is 0 Å². The molecule has 0 aliphatic heterocycles. The highest BCUT2D eigenvalue weighted by molar-refractivity contribution is 6.77. The van der Waals surface area contributed by atoms with E-state index in [-0.39, 0.29) is 0 Å². The third-order valence-corrected chi connectivity index (χ3v) is 10.3. The fourth-order valence-corrected chi connectivity index (χ4v) is 3.31. The molecular formula is C15H33BN2Si. The second kappa shape index (κ2) is 7.34. The van der Waals surface area contributed by atoms with E-state index in [2.05, 4.69) is 72.2 Å². The molecule has 0 bridgehead atoms. The first-order valence-corrected chi connectivity index (χ1v) is 10.2. The van der Waals surface area contributed by atoms with Crippen molar-refractivity contribution in [2.75, 3.05) is 13.6 Å². The van der Waals surface area contributed by atoms with Gasteiger partial charge in [0.1, 0.15) is 7.85 Å². The zero-order chi connectivity index (χ0) is 15.3.